The van der Waals surface area contributed by atoms with Gasteiger partial charge in [0, 0.05) is 37.0 Å². The molecule has 0 saturated carbocycles. The molecule has 6 rings (SSSR count). The predicted octanol–water partition coefficient (Wildman–Crippen LogP) is 4.12. The molecule has 2 aromatic heterocycles. The lowest BCUT2D eigenvalue weighted by Crippen LogP contribution is -2.55. The molecule has 4 heterocycles. The van der Waals surface area contributed by atoms with E-state index in [1.165, 1.54) is 6.08 Å². The number of aromatic amines is 1. The number of hydrogen-bond donors (Lipinski definition) is 1. The molecule has 1 atom stereocenters. The van der Waals surface area contributed by atoms with Gasteiger partial charge in [0.25, 0.3) is 0 Å². The quantitative estimate of drug-likeness (QED) is 0.440. The molecule has 1 unspecified atom stereocenters. The molecule has 2 aliphatic heterocycles. The predicted molar refractivity (Wildman–Crippen MR) is 132 cm³/mol. The number of anilines is 1. The number of H-pyrrole nitrogens is 1. The van der Waals surface area contributed by atoms with Gasteiger partial charge in [0.05, 0.1) is 40.3 Å². The summed E-state index contributed by atoms with van der Waals surface area (Å²) in [5, 5.41) is 9.60. The Morgan fingerprint density at radius 1 is 1.32 bits per heavy atom. The number of carbonyl (C=O) groups excluding carboxylic acids is 1. The first-order valence-electron chi connectivity index (χ1n) is 11.3. The lowest BCUT2D eigenvalue weighted by atomic mass is 9.95. The first-order chi connectivity index (χ1) is 16.6. The average molecular weight is 475 g/mol. The molecule has 2 aliphatic rings. The number of fused-ring (bicyclic) bond motifs is 3. The van der Waals surface area contributed by atoms with Gasteiger partial charge in [0.2, 0.25) is 5.91 Å². The number of nitrogens with one attached hydrogen (secondary N) is 1. The van der Waals surface area contributed by atoms with Gasteiger partial charge in [-0.05, 0) is 36.3 Å². The van der Waals surface area contributed by atoms with Gasteiger partial charge in [-0.15, -0.1) is 0 Å². The lowest BCUT2D eigenvalue weighted by Gasteiger charge is -2.43. The minimum atomic E-state index is -0.0488. The maximum atomic E-state index is 12.2. The number of rotatable bonds is 2. The van der Waals surface area contributed by atoms with E-state index < -0.39 is 0 Å². The van der Waals surface area contributed by atoms with Gasteiger partial charge in [0.1, 0.15) is 12.1 Å². The van der Waals surface area contributed by atoms with Gasteiger partial charge >= 0.3 is 0 Å². The van der Waals surface area contributed by atoms with Gasteiger partial charge in [0.15, 0.2) is 5.75 Å². The Bertz CT molecular complexity index is 1470. The monoisotopic (exact) mass is 474 g/mol. The second-order valence-electron chi connectivity index (χ2n) is 8.72. The molecule has 1 fully saturated rings. The number of aromatic nitrogens is 4. The lowest BCUT2D eigenvalue weighted by molar-refractivity contribution is -0.126. The summed E-state index contributed by atoms with van der Waals surface area (Å²) in [6.45, 7) is 8.04. The Morgan fingerprint density at radius 2 is 2.21 bits per heavy atom. The van der Waals surface area contributed by atoms with Crippen molar-refractivity contribution in [1.29, 1.82) is 0 Å². The number of aryl methyl sites for hydroxylation is 1. The van der Waals surface area contributed by atoms with Crippen LogP contribution >= 0.6 is 11.6 Å². The second kappa shape index (κ2) is 7.99. The van der Waals surface area contributed by atoms with E-state index in [1.807, 2.05) is 23.2 Å². The molecule has 34 heavy (non-hydrogen) atoms. The van der Waals surface area contributed by atoms with Crippen molar-refractivity contribution in [1.82, 2.24) is 25.1 Å². The maximum Gasteiger partial charge on any atom is 0.246 e. The molecular formula is C25H23ClN6O2. The highest BCUT2D eigenvalue weighted by molar-refractivity contribution is 6.37. The first-order valence-corrected chi connectivity index (χ1v) is 11.7. The van der Waals surface area contributed by atoms with Crippen molar-refractivity contribution in [2.45, 2.75) is 19.4 Å². The third-order valence-electron chi connectivity index (χ3n) is 6.84. The van der Waals surface area contributed by atoms with Crippen molar-refractivity contribution >= 4 is 45.1 Å². The molecule has 0 aliphatic carbocycles. The summed E-state index contributed by atoms with van der Waals surface area (Å²) in [5.41, 5.74) is 4.67. The molecule has 4 aromatic rings. The minimum Gasteiger partial charge on any atom is -0.491 e. The minimum absolute atomic E-state index is 0.0488. The van der Waals surface area contributed by atoms with Crippen molar-refractivity contribution in [2.75, 3.05) is 31.1 Å². The van der Waals surface area contributed by atoms with Crippen LogP contribution in [0, 0.1) is 6.92 Å². The molecule has 0 bridgehead atoms. The molecule has 172 valence electrons. The second-order valence-corrected chi connectivity index (χ2v) is 9.10. The van der Waals surface area contributed by atoms with Crippen LogP contribution in [0.5, 0.6) is 5.75 Å². The van der Waals surface area contributed by atoms with E-state index in [9.17, 15) is 4.79 Å². The van der Waals surface area contributed by atoms with E-state index in [4.69, 9.17) is 16.3 Å². The van der Waals surface area contributed by atoms with E-state index >= 15 is 0 Å². The molecular weight excluding hydrogens is 452 g/mol. The molecule has 1 N–H and O–H groups in total. The smallest absolute Gasteiger partial charge is 0.246 e. The Hall–Kier alpha value is -3.65. The van der Waals surface area contributed by atoms with E-state index in [0.29, 0.717) is 37.0 Å². The number of amides is 1. The van der Waals surface area contributed by atoms with Crippen molar-refractivity contribution in [3.8, 4) is 16.9 Å². The summed E-state index contributed by atoms with van der Waals surface area (Å²) in [6, 6.07) is 6.17. The Balaban J connectivity index is 1.54. The number of hydrogen-bond acceptors (Lipinski definition) is 6. The van der Waals surface area contributed by atoms with E-state index in [1.54, 1.807) is 6.33 Å². The molecule has 0 radical (unpaired) electrons. The zero-order chi connectivity index (χ0) is 23.4. The fraction of sp³-hybridized carbons (Fsp3) is 0.280. The molecule has 1 saturated heterocycles. The summed E-state index contributed by atoms with van der Waals surface area (Å²) in [5.74, 6) is 1.35. The van der Waals surface area contributed by atoms with Crippen molar-refractivity contribution < 1.29 is 9.53 Å². The van der Waals surface area contributed by atoms with E-state index in [-0.39, 0.29) is 11.9 Å². The van der Waals surface area contributed by atoms with Crippen LogP contribution in [0.4, 0.5) is 5.82 Å². The van der Waals surface area contributed by atoms with Crippen molar-refractivity contribution in [3.05, 3.63) is 54.0 Å². The highest BCUT2D eigenvalue weighted by atomic mass is 35.5. The SMILES string of the molecule is C=CC(=O)N1CCN2c3ncnc4cc(-c5c(C)ccc6[nH]ncc56)c(Cl)c(c34)OCCC2C1. The number of halogens is 1. The van der Waals surface area contributed by atoms with Crippen LogP contribution in [0.1, 0.15) is 12.0 Å². The third kappa shape index (κ3) is 3.13. The molecule has 0 spiro atoms. The van der Waals surface area contributed by atoms with Crippen LogP contribution in [-0.2, 0) is 4.79 Å². The van der Waals surface area contributed by atoms with Crippen LogP contribution in [0.15, 0.2) is 43.4 Å². The fourth-order valence-electron chi connectivity index (χ4n) is 5.18. The largest absolute Gasteiger partial charge is 0.491 e. The number of ether oxygens (including phenoxy) is 1. The van der Waals surface area contributed by atoms with Gasteiger partial charge < -0.3 is 14.5 Å². The van der Waals surface area contributed by atoms with E-state index in [2.05, 4.69) is 44.6 Å². The zero-order valence-corrected chi connectivity index (χ0v) is 19.5. The van der Waals surface area contributed by atoms with E-state index in [0.717, 1.165) is 50.7 Å². The summed E-state index contributed by atoms with van der Waals surface area (Å²) in [6.07, 6.45) is 5.52. The van der Waals surface area contributed by atoms with Crippen LogP contribution in [0.2, 0.25) is 5.02 Å². The Kier molecular flexibility index (Phi) is 4.91. The summed E-state index contributed by atoms with van der Waals surface area (Å²) >= 11 is 7.06. The van der Waals surface area contributed by atoms with Crippen LogP contribution in [-0.4, -0.2) is 63.3 Å². The Labute approximate surface area is 201 Å². The molecule has 1 amide bonds. The number of carbonyl (C=O) groups is 1. The van der Waals surface area contributed by atoms with Gasteiger partial charge in [-0.25, -0.2) is 9.97 Å². The highest BCUT2D eigenvalue weighted by Crippen LogP contribution is 2.47. The molecule has 9 heteroatoms. The summed E-state index contributed by atoms with van der Waals surface area (Å²) in [7, 11) is 0. The highest BCUT2D eigenvalue weighted by Gasteiger charge is 2.34. The summed E-state index contributed by atoms with van der Waals surface area (Å²) < 4.78 is 6.31. The number of benzene rings is 2. The van der Waals surface area contributed by atoms with Crippen LogP contribution in [0.3, 0.4) is 0 Å². The van der Waals surface area contributed by atoms with Gasteiger partial charge in [-0.3, -0.25) is 9.89 Å². The van der Waals surface area contributed by atoms with Crippen molar-refractivity contribution in [2.24, 2.45) is 0 Å². The Morgan fingerprint density at radius 3 is 3.06 bits per heavy atom. The van der Waals surface area contributed by atoms with Crippen LogP contribution in [0.25, 0.3) is 32.9 Å². The molecule has 2 aromatic carbocycles. The average Bonchev–Trinajstić information content (AvgIpc) is 3.32. The molecule has 8 nitrogen and oxygen atoms in total. The van der Waals surface area contributed by atoms with Gasteiger partial charge in [-0.2, -0.15) is 5.10 Å². The normalized spacial score (nSPS) is 17.8. The number of nitrogens with zero attached hydrogens (tertiary/aromatic N) is 5. The third-order valence-corrected chi connectivity index (χ3v) is 7.22. The topological polar surface area (TPSA) is 87.2 Å². The van der Waals surface area contributed by atoms with Gasteiger partial charge in [-0.1, -0.05) is 24.2 Å². The maximum absolute atomic E-state index is 12.2. The number of piperazine rings is 1. The summed E-state index contributed by atoms with van der Waals surface area (Å²) in [4.78, 5) is 25.6. The van der Waals surface area contributed by atoms with Crippen LogP contribution < -0.4 is 9.64 Å². The first kappa shape index (κ1) is 20.9. The zero-order valence-electron chi connectivity index (χ0n) is 18.7. The van der Waals surface area contributed by atoms with Crippen molar-refractivity contribution in [3.63, 3.8) is 0 Å². The fourth-order valence-corrected chi connectivity index (χ4v) is 5.47. The standard InChI is InChI=1S/C25H23ClN6O2/c1-3-20(33)31-7-8-32-15(12-31)6-9-34-24-22-19(27-13-28-25(22)32)10-16(23(24)26)21-14(2)4-5-18-17(21)11-29-30-18/h3-5,10-11,13,15H,1,6-9,12H2,2H3,(H,29,30).